The normalized spacial score (nSPS) is 19.1. The zero-order chi connectivity index (χ0) is 13.9. The molecule has 0 aliphatic carbocycles. The molecule has 3 heterocycles. The highest BCUT2D eigenvalue weighted by Crippen LogP contribution is 2.21. The van der Waals surface area contributed by atoms with Crippen LogP contribution in [0.3, 0.4) is 0 Å². The number of hydrogen-bond donors (Lipinski definition) is 0. The topological polar surface area (TPSA) is 50.5 Å². The van der Waals surface area contributed by atoms with Crippen molar-refractivity contribution in [1.82, 2.24) is 14.6 Å². The summed E-state index contributed by atoms with van der Waals surface area (Å²) < 4.78 is 1.97. The Morgan fingerprint density at radius 3 is 3.15 bits per heavy atom. The van der Waals surface area contributed by atoms with Crippen molar-refractivity contribution in [1.29, 1.82) is 0 Å². The fourth-order valence-corrected chi connectivity index (χ4v) is 2.74. The highest BCUT2D eigenvalue weighted by molar-refractivity contribution is 7.11. The minimum absolute atomic E-state index is 0.0486. The summed E-state index contributed by atoms with van der Waals surface area (Å²) in [5, 5.41) is 7.51. The summed E-state index contributed by atoms with van der Waals surface area (Å²) in [6.07, 6.45) is 11.8. The molecule has 20 heavy (non-hydrogen) atoms. The van der Waals surface area contributed by atoms with Crippen LogP contribution < -0.4 is 0 Å². The molecular weight excluding hydrogens is 272 g/mol. The average molecular weight is 286 g/mol. The molecule has 0 N–H and O–H groups in total. The minimum Gasteiger partial charge on any atom is -0.305 e. The van der Waals surface area contributed by atoms with E-state index in [9.17, 15) is 4.79 Å². The monoisotopic (exact) mass is 286 g/mol. The minimum atomic E-state index is 0.0486. The molecule has 3 rings (SSSR count). The van der Waals surface area contributed by atoms with Gasteiger partial charge in [-0.05, 0) is 12.1 Å². The van der Waals surface area contributed by atoms with Gasteiger partial charge in [0.05, 0.1) is 12.0 Å². The van der Waals surface area contributed by atoms with Crippen LogP contribution in [0.25, 0.3) is 11.8 Å². The number of carbonyl (C=O) groups excluding carboxylic acids is 1. The number of carbonyl (C=O) groups is 1. The number of thiophene rings is 1. The molecule has 1 aliphatic heterocycles. The fraction of sp³-hybridized carbons (Fsp3) is 0.214. The molecule has 0 fully saturated rings. The average Bonchev–Trinajstić information content (AvgIpc) is 3.09. The first kappa shape index (κ1) is 12.8. The van der Waals surface area contributed by atoms with Gasteiger partial charge in [0.1, 0.15) is 0 Å². The molecule has 0 saturated heterocycles. The van der Waals surface area contributed by atoms with Gasteiger partial charge in [-0.25, -0.2) is 9.99 Å². The molecular formula is C14H14N4OS. The fourth-order valence-electron chi connectivity index (χ4n) is 1.95. The van der Waals surface area contributed by atoms with E-state index in [1.807, 2.05) is 29.1 Å². The van der Waals surface area contributed by atoms with Crippen molar-refractivity contribution in [2.24, 2.45) is 11.0 Å². The number of hydrazone groups is 1. The molecule has 2 aromatic rings. The Kier molecular flexibility index (Phi) is 3.47. The summed E-state index contributed by atoms with van der Waals surface area (Å²) in [6.45, 7) is 0. The molecule has 1 aliphatic rings. The van der Waals surface area contributed by atoms with Crippen LogP contribution in [0.2, 0.25) is 0 Å². The SMILES string of the molecule is CN1N=CC(C=Cc2cc(-n3ccnc3)cs2)CC1=O. The summed E-state index contributed by atoms with van der Waals surface area (Å²) in [4.78, 5) is 16.7. The van der Waals surface area contributed by atoms with Gasteiger partial charge >= 0.3 is 0 Å². The van der Waals surface area contributed by atoms with E-state index < -0.39 is 0 Å². The Bertz CT molecular complexity index is 657. The van der Waals surface area contributed by atoms with Gasteiger partial charge in [0.2, 0.25) is 5.91 Å². The van der Waals surface area contributed by atoms with Crippen molar-refractivity contribution < 1.29 is 4.79 Å². The van der Waals surface area contributed by atoms with Crippen LogP contribution in [-0.2, 0) is 4.79 Å². The van der Waals surface area contributed by atoms with Gasteiger partial charge in [-0.15, -0.1) is 11.3 Å². The quantitative estimate of drug-likeness (QED) is 0.870. The second kappa shape index (κ2) is 5.42. The van der Waals surface area contributed by atoms with Crippen molar-refractivity contribution in [3.05, 3.63) is 41.1 Å². The van der Waals surface area contributed by atoms with Crippen molar-refractivity contribution in [2.75, 3.05) is 7.05 Å². The summed E-state index contributed by atoms with van der Waals surface area (Å²) in [6, 6.07) is 2.09. The van der Waals surface area contributed by atoms with Crippen LogP contribution >= 0.6 is 11.3 Å². The van der Waals surface area contributed by atoms with E-state index in [4.69, 9.17) is 0 Å². The Labute approximate surface area is 120 Å². The highest BCUT2D eigenvalue weighted by atomic mass is 32.1. The molecule has 0 spiro atoms. The number of hydrogen-bond acceptors (Lipinski definition) is 4. The van der Waals surface area contributed by atoms with Gasteiger partial charge in [0.25, 0.3) is 0 Å². The third kappa shape index (κ3) is 2.70. The Hall–Kier alpha value is -2.21. The number of allylic oxidation sites excluding steroid dienone is 1. The van der Waals surface area contributed by atoms with E-state index in [0.29, 0.717) is 6.42 Å². The van der Waals surface area contributed by atoms with Crippen LogP contribution in [0.15, 0.2) is 41.3 Å². The lowest BCUT2D eigenvalue weighted by molar-refractivity contribution is -0.130. The molecule has 0 radical (unpaired) electrons. The maximum atomic E-state index is 11.5. The van der Waals surface area contributed by atoms with E-state index in [1.54, 1.807) is 30.9 Å². The van der Waals surface area contributed by atoms with E-state index in [1.165, 1.54) is 5.01 Å². The van der Waals surface area contributed by atoms with Gasteiger partial charge in [-0.1, -0.05) is 6.08 Å². The first-order chi connectivity index (χ1) is 9.72. The largest absolute Gasteiger partial charge is 0.305 e. The lowest BCUT2D eigenvalue weighted by Crippen LogP contribution is -2.28. The molecule has 5 nitrogen and oxygen atoms in total. The van der Waals surface area contributed by atoms with Crippen LogP contribution in [0.5, 0.6) is 0 Å². The van der Waals surface area contributed by atoms with Crippen LogP contribution in [-0.4, -0.2) is 33.7 Å². The standard InChI is InChI=1S/C14H14N4OS/c1-17-14(19)6-11(8-16-17)2-3-13-7-12(9-20-13)18-5-4-15-10-18/h2-5,7-11H,6H2,1H3. The van der Waals surface area contributed by atoms with Crippen LogP contribution in [0.1, 0.15) is 11.3 Å². The third-order valence-corrected chi connectivity index (χ3v) is 4.00. The van der Waals surface area contributed by atoms with E-state index >= 15 is 0 Å². The Balaban J connectivity index is 1.71. The van der Waals surface area contributed by atoms with Gasteiger partial charge in [0.15, 0.2) is 0 Å². The smallest absolute Gasteiger partial charge is 0.243 e. The summed E-state index contributed by atoms with van der Waals surface area (Å²) in [5.41, 5.74) is 1.10. The number of aromatic nitrogens is 2. The summed E-state index contributed by atoms with van der Waals surface area (Å²) >= 11 is 1.66. The van der Waals surface area contributed by atoms with Gasteiger partial charge in [0, 0.05) is 48.3 Å². The second-order valence-corrected chi connectivity index (χ2v) is 5.53. The third-order valence-electron chi connectivity index (χ3n) is 3.12. The zero-order valence-corrected chi connectivity index (χ0v) is 11.8. The molecule has 6 heteroatoms. The van der Waals surface area contributed by atoms with Crippen molar-refractivity contribution in [2.45, 2.75) is 6.42 Å². The first-order valence-electron chi connectivity index (χ1n) is 6.28. The molecule has 1 amide bonds. The molecule has 0 aromatic carbocycles. The van der Waals surface area contributed by atoms with Gasteiger partial charge < -0.3 is 4.57 Å². The Morgan fingerprint density at radius 2 is 2.40 bits per heavy atom. The maximum absolute atomic E-state index is 11.5. The lowest BCUT2D eigenvalue weighted by Gasteiger charge is -2.18. The van der Waals surface area contributed by atoms with E-state index in [0.717, 1.165) is 10.6 Å². The number of imidazole rings is 1. The van der Waals surface area contributed by atoms with E-state index in [-0.39, 0.29) is 11.8 Å². The predicted octanol–water partition coefficient (Wildman–Crippen LogP) is 2.41. The molecule has 1 atom stereocenters. The number of amides is 1. The van der Waals surface area contributed by atoms with Crippen LogP contribution in [0, 0.1) is 5.92 Å². The predicted molar refractivity (Wildman–Crippen MR) is 79.8 cm³/mol. The maximum Gasteiger partial charge on any atom is 0.243 e. The van der Waals surface area contributed by atoms with Gasteiger partial charge in [-0.2, -0.15) is 5.10 Å². The summed E-state index contributed by atoms with van der Waals surface area (Å²) in [5.74, 6) is 0.130. The van der Waals surface area contributed by atoms with Crippen molar-refractivity contribution in [3.63, 3.8) is 0 Å². The molecule has 1 unspecified atom stereocenters. The first-order valence-corrected chi connectivity index (χ1v) is 7.16. The van der Waals surface area contributed by atoms with Crippen molar-refractivity contribution in [3.8, 4) is 5.69 Å². The lowest BCUT2D eigenvalue weighted by atomic mass is 10.0. The molecule has 2 aromatic heterocycles. The summed E-state index contributed by atoms with van der Waals surface area (Å²) in [7, 11) is 1.68. The second-order valence-electron chi connectivity index (χ2n) is 4.59. The number of rotatable bonds is 3. The van der Waals surface area contributed by atoms with Gasteiger partial charge in [-0.3, -0.25) is 4.79 Å². The van der Waals surface area contributed by atoms with Crippen molar-refractivity contribution >= 4 is 29.5 Å². The molecule has 102 valence electrons. The van der Waals surface area contributed by atoms with E-state index in [2.05, 4.69) is 21.5 Å². The Morgan fingerprint density at radius 1 is 1.50 bits per heavy atom. The molecule has 0 bridgehead atoms. The zero-order valence-electron chi connectivity index (χ0n) is 11.0. The highest BCUT2D eigenvalue weighted by Gasteiger charge is 2.17. The van der Waals surface area contributed by atoms with Crippen LogP contribution in [0.4, 0.5) is 0 Å². The number of nitrogens with zero attached hydrogens (tertiary/aromatic N) is 4. The molecule has 0 saturated carbocycles.